The predicted octanol–water partition coefficient (Wildman–Crippen LogP) is 3.10. The van der Waals surface area contributed by atoms with Gasteiger partial charge in [0.05, 0.1) is 12.4 Å². The summed E-state index contributed by atoms with van der Waals surface area (Å²) in [5.41, 5.74) is 1.25. The van der Waals surface area contributed by atoms with Crippen molar-refractivity contribution in [1.82, 2.24) is 19.8 Å². The number of carbonyl (C=O) groups is 1. The molecule has 2 aliphatic rings. The van der Waals surface area contributed by atoms with Crippen LogP contribution >= 0.6 is 0 Å². The van der Waals surface area contributed by atoms with Gasteiger partial charge in [-0.25, -0.2) is 9.78 Å². The number of hydrogen-bond donors (Lipinski definition) is 1. The summed E-state index contributed by atoms with van der Waals surface area (Å²) in [7, 11) is 0. The van der Waals surface area contributed by atoms with Crippen molar-refractivity contribution >= 4 is 6.03 Å². The van der Waals surface area contributed by atoms with Crippen molar-refractivity contribution in [2.45, 2.75) is 70.4 Å². The van der Waals surface area contributed by atoms with Gasteiger partial charge in [0.1, 0.15) is 0 Å². The second-order valence-corrected chi connectivity index (χ2v) is 8.30. The SMILES string of the molecule is CC(C)(C)n1cncc1C1CCCN(C(=O)NCC[C@H]2CCCO2)C1. The Morgan fingerprint density at radius 2 is 2.20 bits per heavy atom. The highest BCUT2D eigenvalue weighted by Crippen LogP contribution is 2.30. The third-order valence-corrected chi connectivity index (χ3v) is 5.28. The maximum absolute atomic E-state index is 12.5. The molecule has 6 nitrogen and oxygen atoms in total. The molecule has 25 heavy (non-hydrogen) atoms. The van der Waals surface area contributed by atoms with E-state index in [-0.39, 0.29) is 11.6 Å². The third-order valence-electron chi connectivity index (χ3n) is 5.28. The Balaban J connectivity index is 1.54. The number of hydrogen-bond acceptors (Lipinski definition) is 3. The van der Waals surface area contributed by atoms with Crippen LogP contribution in [0, 0.1) is 0 Å². The van der Waals surface area contributed by atoms with Crippen molar-refractivity contribution in [1.29, 1.82) is 0 Å². The van der Waals surface area contributed by atoms with Gasteiger partial charge in [0.15, 0.2) is 0 Å². The van der Waals surface area contributed by atoms with Crippen LogP contribution in [-0.2, 0) is 10.3 Å². The summed E-state index contributed by atoms with van der Waals surface area (Å²) in [6, 6.07) is 0.0597. The number of carbonyl (C=O) groups excluding carboxylic acids is 1. The summed E-state index contributed by atoms with van der Waals surface area (Å²) < 4.78 is 7.86. The summed E-state index contributed by atoms with van der Waals surface area (Å²) in [5.74, 6) is 0.361. The highest BCUT2D eigenvalue weighted by molar-refractivity contribution is 5.74. The molecule has 0 aromatic carbocycles. The van der Waals surface area contributed by atoms with Gasteiger partial charge in [-0.2, -0.15) is 0 Å². The summed E-state index contributed by atoms with van der Waals surface area (Å²) in [6.45, 7) is 9.75. The fourth-order valence-electron chi connectivity index (χ4n) is 3.89. The number of likely N-dealkylation sites (tertiary alicyclic amines) is 1. The molecular weight excluding hydrogens is 316 g/mol. The monoisotopic (exact) mass is 348 g/mol. The highest BCUT2D eigenvalue weighted by Gasteiger charge is 2.29. The van der Waals surface area contributed by atoms with Crippen LogP contribution in [0.3, 0.4) is 0 Å². The van der Waals surface area contributed by atoms with Crippen LogP contribution in [0.25, 0.3) is 0 Å². The first-order valence-corrected chi connectivity index (χ1v) is 9.62. The number of rotatable bonds is 4. The van der Waals surface area contributed by atoms with Crippen molar-refractivity contribution in [3.63, 3.8) is 0 Å². The second-order valence-electron chi connectivity index (χ2n) is 8.30. The van der Waals surface area contributed by atoms with Crippen LogP contribution in [0.15, 0.2) is 12.5 Å². The van der Waals surface area contributed by atoms with E-state index in [1.54, 1.807) is 0 Å². The van der Waals surface area contributed by atoms with Gasteiger partial charge in [0, 0.05) is 49.6 Å². The highest BCUT2D eigenvalue weighted by atomic mass is 16.5. The van der Waals surface area contributed by atoms with E-state index in [0.717, 1.165) is 51.8 Å². The molecule has 2 aliphatic heterocycles. The molecule has 140 valence electrons. The van der Waals surface area contributed by atoms with Gasteiger partial charge in [0.2, 0.25) is 0 Å². The van der Waals surface area contributed by atoms with Crippen LogP contribution in [0.5, 0.6) is 0 Å². The van der Waals surface area contributed by atoms with Crippen LogP contribution in [-0.4, -0.2) is 52.8 Å². The summed E-state index contributed by atoms with van der Waals surface area (Å²) in [5, 5.41) is 3.07. The lowest BCUT2D eigenvalue weighted by molar-refractivity contribution is 0.104. The topological polar surface area (TPSA) is 59.4 Å². The summed E-state index contributed by atoms with van der Waals surface area (Å²) in [6.07, 6.45) is 9.55. The second kappa shape index (κ2) is 7.77. The molecule has 0 bridgehead atoms. The number of ether oxygens (including phenoxy) is 1. The number of piperidine rings is 1. The zero-order valence-corrected chi connectivity index (χ0v) is 15.8. The van der Waals surface area contributed by atoms with Gasteiger partial charge in [0.25, 0.3) is 0 Å². The van der Waals surface area contributed by atoms with Crippen LogP contribution in [0.2, 0.25) is 0 Å². The lowest BCUT2D eigenvalue weighted by Gasteiger charge is -2.35. The molecule has 0 radical (unpaired) electrons. The molecule has 2 atom stereocenters. The molecular formula is C19H32N4O2. The van der Waals surface area contributed by atoms with Crippen LogP contribution in [0.4, 0.5) is 4.79 Å². The molecule has 6 heteroatoms. The zero-order chi connectivity index (χ0) is 17.9. The minimum Gasteiger partial charge on any atom is -0.378 e. The number of urea groups is 1. The molecule has 2 fully saturated rings. The van der Waals surface area contributed by atoms with E-state index in [4.69, 9.17) is 4.74 Å². The number of amides is 2. The van der Waals surface area contributed by atoms with Gasteiger partial charge in [-0.3, -0.25) is 0 Å². The largest absolute Gasteiger partial charge is 0.378 e. The number of nitrogens with zero attached hydrogens (tertiary/aromatic N) is 3. The van der Waals surface area contributed by atoms with Crippen molar-refractivity contribution in [2.24, 2.45) is 0 Å². The van der Waals surface area contributed by atoms with Gasteiger partial charge in [-0.1, -0.05) is 0 Å². The van der Waals surface area contributed by atoms with Crippen molar-refractivity contribution < 1.29 is 9.53 Å². The van der Waals surface area contributed by atoms with E-state index in [9.17, 15) is 4.79 Å². The molecule has 2 saturated heterocycles. The molecule has 1 unspecified atom stereocenters. The maximum atomic E-state index is 12.5. The molecule has 0 aliphatic carbocycles. The van der Waals surface area contributed by atoms with Crippen molar-refractivity contribution in [2.75, 3.05) is 26.2 Å². The fraction of sp³-hybridized carbons (Fsp3) is 0.789. The molecule has 2 amide bonds. The fourth-order valence-corrected chi connectivity index (χ4v) is 3.89. The van der Waals surface area contributed by atoms with E-state index in [1.165, 1.54) is 5.69 Å². The molecule has 1 aromatic rings. The minimum absolute atomic E-state index is 0.0116. The molecule has 3 heterocycles. The van der Waals surface area contributed by atoms with Crippen LogP contribution in [0.1, 0.15) is 64.5 Å². The Morgan fingerprint density at radius 3 is 2.92 bits per heavy atom. The lowest BCUT2D eigenvalue weighted by atomic mass is 9.94. The Bertz CT molecular complexity index is 572. The van der Waals surface area contributed by atoms with Crippen molar-refractivity contribution in [3.8, 4) is 0 Å². The Morgan fingerprint density at radius 1 is 1.36 bits per heavy atom. The van der Waals surface area contributed by atoms with Gasteiger partial charge < -0.3 is 19.5 Å². The lowest BCUT2D eigenvalue weighted by Crippen LogP contribution is -2.46. The number of imidazole rings is 1. The summed E-state index contributed by atoms with van der Waals surface area (Å²) in [4.78, 5) is 18.8. The Kier molecular flexibility index (Phi) is 5.67. The first-order chi connectivity index (χ1) is 11.9. The van der Waals surface area contributed by atoms with Gasteiger partial charge in [-0.15, -0.1) is 0 Å². The smallest absolute Gasteiger partial charge is 0.317 e. The van der Waals surface area contributed by atoms with Gasteiger partial charge >= 0.3 is 6.03 Å². The normalized spacial score (nSPS) is 24.5. The van der Waals surface area contributed by atoms with E-state index < -0.39 is 0 Å². The molecule has 0 saturated carbocycles. The van der Waals surface area contributed by atoms with Crippen molar-refractivity contribution in [3.05, 3.63) is 18.2 Å². The number of nitrogens with one attached hydrogen (secondary N) is 1. The maximum Gasteiger partial charge on any atom is 0.317 e. The van der Waals surface area contributed by atoms with E-state index in [0.29, 0.717) is 18.6 Å². The number of aromatic nitrogens is 2. The Labute approximate surface area is 150 Å². The van der Waals surface area contributed by atoms with Gasteiger partial charge in [-0.05, 0) is 52.9 Å². The average molecular weight is 348 g/mol. The third kappa shape index (κ3) is 4.54. The summed E-state index contributed by atoms with van der Waals surface area (Å²) >= 11 is 0. The van der Waals surface area contributed by atoms with E-state index in [1.807, 2.05) is 17.4 Å². The molecule has 0 spiro atoms. The average Bonchev–Trinajstić information content (AvgIpc) is 3.26. The predicted molar refractivity (Wildman–Crippen MR) is 97.8 cm³/mol. The van der Waals surface area contributed by atoms with E-state index >= 15 is 0 Å². The van der Waals surface area contributed by atoms with E-state index in [2.05, 4.69) is 35.6 Å². The quantitative estimate of drug-likeness (QED) is 0.909. The Hall–Kier alpha value is -1.56. The zero-order valence-electron chi connectivity index (χ0n) is 15.8. The first kappa shape index (κ1) is 18.2. The molecule has 1 aromatic heterocycles. The standard InChI is InChI=1S/C19H32N4O2/c1-19(2,3)23-14-20-12-17(23)15-6-4-10-22(13-15)18(24)21-9-8-16-7-5-11-25-16/h12,14-16H,4-11,13H2,1-3H3,(H,21,24)/t15?,16-/m1/s1. The molecule has 3 rings (SSSR count). The molecule has 1 N–H and O–H groups in total. The van der Waals surface area contributed by atoms with Crippen LogP contribution < -0.4 is 5.32 Å². The first-order valence-electron chi connectivity index (χ1n) is 9.62. The minimum atomic E-state index is 0.0116.